The Morgan fingerprint density at radius 2 is 1.95 bits per heavy atom. The summed E-state index contributed by atoms with van der Waals surface area (Å²) in [4.78, 5) is 10.9. The highest BCUT2D eigenvalue weighted by atomic mass is 19.1. The average Bonchev–Trinajstić information content (AvgIpc) is 2.36. The van der Waals surface area contributed by atoms with Gasteiger partial charge in [-0.15, -0.1) is 0 Å². The molecule has 110 valence electrons. The van der Waals surface area contributed by atoms with Crippen molar-refractivity contribution in [1.82, 2.24) is 0 Å². The molecule has 3 N–H and O–H groups in total. The van der Waals surface area contributed by atoms with Gasteiger partial charge in [0, 0.05) is 0 Å². The molecule has 0 spiro atoms. The molecular formula is C14H18FNO4. The number of fused-ring (bicyclic) bond motifs is 1. The van der Waals surface area contributed by atoms with E-state index in [4.69, 9.17) is 20.3 Å². The lowest BCUT2D eigenvalue weighted by molar-refractivity contribution is -0.138. The quantitative estimate of drug-likeness (QED) is 0.877. The fourth-order valence-corrected chi connectivity index (χ4v) is 2.18. The van der Waals surface area contributed by atoms with Crippen molar-refractivity contribution in [2.24, 2.45) is 5.73 Å². The van der Waals surface area contributed by atoms with Crippen LogP contribution in [0.15, 0.2) is 12.1 Å². The normalized spacial score (nSPS) is 15.8. The summed E-state index contributed by atoms with van der Waals surface area (Å²) in [6.45, 7) is 3.64. The van der Waals surface area contributed by atoms with E-state index in [9.17, 15) is 9.18 Å². The van der Waals surface area contributed by atoms with E-state index in [1.165, 1.54) is 13.8 Å². The molecule has 0 aromatic heterocycles. The summed E-state index contributed by atoms with van der Waals surface area (Å²) >= 11 is 0. The monoisotopic (exact) mass is 283 g/mol. The zero-order chi connectivity index (χ0) is 14.9. The summed E-state index contributed by atoms with van der Waals surface area (Å²) < 4.78 is 25.2. The van der Waals surface area contributed by atoms with Gasteiger partial charge in [-0.2, -0.15) is 0 Å². The first-order chi connectivity index (χ1) is 9.29. The first kappa shape index (κ1) is 14.6. The highest BCUT2D eigenvalue weighted by Gasteiger charge is 2.28. The van der Waals surface area contributed by atoms with Gasteiger partial charge >= 0.3 is 5.97 Å². The lowest BCUT2D eigenvalue weighted by Crippen LogP contribution is -2.33. The topological polar surface area (TPSA) is 81.8 Å². The average molecular weight is 283 g/mol. The maximum absolute atomic E-state index is 14.3. The summed E-state index contributed by atoms with van der Waals surface area (Å²) in [6.07, 6.45) is 0.0364. The molecular weight excluding hydrogens is 265 g/mol. The summed E-state index contributed by atoms with van der Waals surface area (Å²) in [7, 11) is 0. The summed E-state index contributed by atoms with van der Waals surface area (Å²) in [5, 5.41) is 8.90. The second kappa shape index (κ2) is 5.28. The van der Waals surface area contributed by atoms with Crippen molar-refractivity contribution in [3.63, 3.8) is 0 Å². The van der Waals surface area contributed by atoms with E-state index in [0.717, 1.165) is 0 Å². The first-order valence-corrected chi connectivity index (χ1v) is 6.39. The van der Waals surface area contributed by atoms with Crippen molar-refractivity contribution >= 4 is 5.97 Å². The second-order valence-corrected chi connectivity index (χ2v) is 5.27. The van der Waals surface area contributed by atoms with E-state index >= 15 is 0 Å². The van der Waals surface area contributed by atoms with Gasteiger partial charge in [0.15, 0.2) is 11.5 Å². The molecule has 20 heavy (non-hydrogen) atoms. The van der Waals surface area contributed by atoms with Crippen molar-refractivity contribution in [1.29, 1.82) is 0 Å². The van der Waals surface area contributed by atoms with Crippen molar-refractivity contribution < 1.29 is 23.8 Å². The van der Waals surface area contributed by atoms with E-state index < -0.39 is 17.7 Å². The number of benzene rings is 1. The third-order valence-electron chi connectivity index (χ3n) is 3.17. The number of carboxylic acid groups (broad SMARTS) is 1. The number of hydrogen-bond donors (Lipinski definition) is 2. The Hall–Kier alpha value is -1.82. The minimum absolute atomic E-state index is 0.0364. The molecule has 1 aromatic rings. The number of carboxylic acids is 1. The Bertz CT molecular complexity index is 525. The number of alkyl halides is 1. The van der Waals surface area contributed by atoms with Gasteiger partial charge in [0.05, 0.1) is 0 Å². The van der Waals surface area contributed by atoms with Gasteiger partial charge < -0.3 is 20.3 Å². The van der Waals surface area contributed by atoms with Gasteiger partial charge in [0.1, 0.15) is 24.9 Å². The first-order valence-electron chi connectivity index (χ1n) is 6.39. The summed E-state index contributed by atoms with van der Waals surface area (Å²) in [5.41, 5.74) is 4.82. The second-order valence-electron chi connectivity index (χ2n) is 5.27. The Morgan fingerprint density at radius 3 is 2.45 bits per heavy atom. The van der Waals surface area contributed by atoms with Crippen LogP contribution >= 0.6 is 0 Å². The molecule has 1 aliphatic rings. The van der Waals surface area contributed by atoms with E-state index in [1.807, 2.05) is 0 Å². The fourth-order valence-electron chi connectivity index (χ4n) is 2.18. The third kappa shape index (κ3) is 3.01. The van der Waals surface area contributed by atoms with Crippen LogP contribution in [0.1, 0.15) is 25.0 Å². The predicted octanol–water partition coefficient (Wildman–Crippen LogP) is 1.62. The van der Waals surface area contributed by atoms with Gasteiger partial charge in [-0.3, -0.25) is 4.79 Å². The predicted molar refractivity (Wildman–Crippen MR) is 70.9 cm³/mol. The molecule has 1 heterocycles. The molecule has 0 saturated heterocycles. The van der Waals surface area contributed by atoms with Crippen LogP contribution in [-0.2, 0) is 16.9 Å². The number of aliphatic carboxylic acids is 1. The maximum atomic E-state index is 14.3. The van der Waals surface area contributed by atoms with Gasteiger partial charge in [-0.05, 0) is 43.5 Å². The lowest BCUT2D eigenvalue weighted by Gasteiger charge is -2.25. The molecule has 1 unspecified atom stereocenters. The van der Waals surface area contributed by atoms with Gasteiger partial charge in [-0.25, -0.2) is 4.39 Å². The molecule has 0 radical (unpaired) electrons. The van der Waals surface area contributed by atoms with Crippen LogP contribution < -0.4 is 15.2 Å². The Labute approximate surface area is 116 Å². The van der Waals surface area contributed by atoms with Crippen LogP contribution in [0.25, 0.3) is 0 Å². The largest absolute Gasteiger partial charge is 0.486 e. The van der Waals surface area contributed by atoms with Crippen molar-refractivity contribution in [3.8, 4) is 11.5 Å². The zero-order valence-corrected chi connectivity index (χ0v) is 11.5. The summed E-state index contributed by atoms with van der Waals surface area (Å²) in [5.74, 6) is -0.149. The minimum atomic E-state index is -1.62. The van der Waals surface area contributed by atoms with Crippen LogP contribution in [0.5, 0.6) is 11.5 Å². The minimum Gasteiger partial charge on any atom is -0.486 e. The van der Waals surface area contributed by atoms with Gasteiger partial charge in [0.2, 0.25) is 0 Å². The number of halogens is 1. The fraction of sp³-hybridized carbons (Fsp3) is 0.500. The van der Waals surface area contributed by atoms with E-state index in [1.54, 1.807) is 12.1 Å². The highest BCUT2D eigenvalue weighted by Crippen LogP contribution is 2.38. The molecule has 6 heteroatoms. The van der Waals surface area contributed by atoms with Gasteiger partial charge in [-0.1, -0.05) is 0 Å². The SMILES string of the molecule is CC(C)(F)c1cc2c(cc1CC(N)C(=O)O)OCCO2. The number of nitrogens with two attached hydrogens (primary N) is 1. The molecule has 0 amide bonds. The number of hydrogen-bond acceptors (Lipinski definition) is 4. The standard InChI is InChI=1S/C14H18FNO4/c1-14(2,15)9-7-12-11(19-3-4-20-12)6-8(9)5-10(16)13(17)18/h6-7,10H,3-5,16H2,1-2H3,(H,17,18). The van der Waals surface area contributed by atoms with E-state index in [-0.39, 0.29) is 6.42 Å². The maximum Gasteiger partial charge on any atom is 0.320 e. The molecule has 5 nitrogen and oxygen atoms in total. The molecule has 0 saturated carbocycles. The molecule has 2 rings (SSSR count). The zero-order valence-electron chi connectivity index (χ0n) is 11.5. The molecule has 0 aliphatic carbocycles. The Kier molecular flexibility index (Phi) is 3.85. The van der Waals surface area contributed by atoms with Crippen molar-refractivity contribution in [2.75, 3.05) is 13.2 Å². The van der Waals surface area contributed by atoms with Crippen LogP contribution in [0.2, 0.25) is 0 Å². The van der Waals surface area contributed by atoms with E-state index in [0.29, 0.717) is 35.8 Å². The molecule has 0 bridgehead atoms. The van der Waals surface area contributed by atoms with Crippen LogP contribution in [0, 0.1) is 0 Å². The lowest BCUT2D eigenvalue weighted by atomic mass is 9.90. The molecule has 1 atom stereocenters. The molecule has 0 fully saturated rings. The smallest absolute Gasteiger partial charge is 0.320 e. The third-order valence-corrected chi connectivity index (χ3v) is 3.17. The van der Waals surface area contributed by atoms with Crippen molar-refractivity contribution in [2.45, 2.75) is 32.0 Å². The molecule has 1 aromatic carbocycles. The summed E-state index contributed by atoms with van der Waals surface area (Å²) in [6, 6.07) is 2.10. The number of rotatable bonds is 4. The molecule has 1 aliphatic heterocycles. The number of carbonyl (C=O) groups is 1. The van der Waals surface area contributed by atoms with Crippen molar-refractivity contribution in [3.05, 3.63) is 23.3 Å². The van der Waals surface area contributed by atoms with E-state index in [2.05, 4.69) is 0 Å². The Morgan fingerprint density at radius 1 is 1.40 bits per heavy atom. The van der Waals surface area contributed by atoms with Crippen LogP contribution in [0.4, 0.5) is 4.39 Å². The number of ether oxygens (including phenoxy) is 2. The van der Waals surface area contributed by atoms with Crippen LogP contribution in [-0.4, -0.2) is 30.3 Å². The van der Waals surface area contributed by atoms with Gasteiger partial charge in [0.25, 0.3) is 0 Å². The Balaban J connectivity index is 2.44. The van der Waals surface area contributed by atoms with Crippen LogP contribution in [0.3, 0.4) is 0 Å². The highest BCUT2D eigenvalue weighted by molar-refractivity contribution is 5.73.